The van der Waals surface area contributed by atoms with E-state index < -0.39 is 0 Å². The highest BCUT2D eigenvalue weighted by Crippen LogP contribution is 2.23. The molecule has 3 heteroatoms. The fraction of sp³-hybridized carbons (Fsp3) is 0.600. The van der Waals surface area contributed by atoms with Crippen molar-refractivity contribution in [1.29, 1.82) is 0 Å². The Labute approximate surface area is 119 Å². The van der Waals surface area contributed by atoms with E-state index in [0.29, 0.717) is 12.1 Å². The summed E-state index contributed by atoms with van der Waals surface area (Å²) in [7, 11) is 0. The molecule has 0 aliphatic carbocycles. The van der Waals surface area contributed by atoms with Crippen LogP contribution in [0.5, 0.6) is 0 Å². The highest BCUT2D eigenvalue weighted by Gasteiger charge is 2.17. The first-order valence-corrected chi connectivity index (χ1v) is 7.69. The van der Waals surface area contributed by atoms with Gasteiger partial charge in [-0.15, -0.1) is 0 Å². The van der Waals surface area contributed by atoms with Crippen molar-refractivity contribution >= 4 is 15.9 Å². The minimum Gasteiger partial charge on any atom is -0.306 e. The normalized spacial score (nSPS) is 19.9. The Morgan fingerprint density at radius 1 is 1.22 bits per heavy atom. The summed E-state index contributed by atoms with van der Waals surface area (Å²) in [4.78, 5) is 2.56. The molecule has 1 aliphatic heterocycles. The summed E-state index contributed by atoms with van der Waals surface area (Å²) < 4.78 is 1.19. The van der Waals surface area contributed by atoms with Gasteiger partial charge in [0.15, 0.2) is 0 Å². The van der Waals surface area contributed by atoms with Crippen LogP contribution in [-0.2, 0) is 0 Å². The van der Waals surface area contributed by atoms with Crippen LogP contribution < -0.4 is 5.32 Å². The van der Waals surface area contributed by atoms with Gasteiger partial charge in [-0.25, -0.2) is 0 Å². The van der Waals surface area contributed by atoms with Crippen LogP contribution in [0.25, 0.3) is 0 Å². The highest BCUT2D eigenvalue weighted by molar-refractivity contribution is 9.10. The molecule has 1 aliphatic rings. The summed E-state index contributed by atoms with van der Waals surface area (Å²) in [6, 6.07) is 9.38. The Bertz CT molecular complexity index is 375. The van der Waals surface area contributed by atoms with Crippen molar-refractivity contribution in [1.82, 2.24) is 10.2 Å². The van der Waals surface area contributed by atoms with Gasteiger partial charge in [-0.05, 0) is 51.4 Å². The minimum absolute atomic E-state index is 0.387. The Morgan fingerprint density at radius 2 is 1.89 bits per heavy atom. The number of halogens is 1. The van der Waals surface area contributed by atoms with Crippen molar-refractivity contribution in [3.8, 4) is 0 Å². The molecule has 0 saturated carbocycles. The summed E-state index contributed by atoms with van der Waals surface area (Å²) in [5.41, 5.74) is 1.34. The number of nitrogens with one attached hydrogen (secondary N) is 1. The quantitative estimate of drug-likeness (QED) is 0.894. The molecule has 2 unspecified atom stereocenters. The second-order valence-corrected chi connectivity index (χ2v) is 6.17. The molecule has 1 saturated heterocycles. The first-order valence-electron chi connectivity index (χ1n) is 6.89. The van der Waals surface area contributed by atoms with Crippen molar-refractivity contribution in [2.24, 2.45) is 0 Å². The van der Waals surface area contributed by atoms with E-state index in [4.69, 9.17) is 0 Å². The molecule has 2 atom stereocenters. The van der Waals surface area contributed by atoms with E-state index in [2.05, 4.69) is 64.3 Å². The molecule has 0 amide bonds. The Kier molecular flexibility index (Phi) is 5.22. The highest BCUT2D eigenvalue weighted by atomic mass is 79.9. The van der Waals surface area contributed by atoms with Crippen LogP contribution in [0.2, 0.25) is 0 Å². The van der Waals surface area contributed by atoms with Gasteiger partial charge in [0.1, 0.15) is 0 Å². The molecule has 18 heavy (non-hydrogen) atoms. The average Bonchev–Trinajstić information content (AvgIpc) is 2.82. The van der Waals surface area contributed by atoms with E-state index in [0.717, 1.165) is 6.54 Å². The van der Waals surface area contributed by atoms with E-state index in [1.807, 2.05) is 0 Å². The molecule has 1 N–H and O–H groups in total. The van der Waals surface area contributed by atoms with Crippen LogP contribution >= 0.6 is 15.9 Å². The Balaban J connectivity index is 1.86. The largest absolute Gasteiger partial charge is 0.306 e. The molecule has 1 fully saturated rings. The van der Waals surface area contributed by atoms with Gasteiger partial charge in [-0.1, -0.05) is 34.1 Å². The van der Waals surface area contributed by atoms with Crippen molar-refractivity contribution < 1.29 is 0 Å². The van der Waals surface area contributed by atoms with Crippen LogP contribution in [0.1, 0.15) is 38.3 Å². The molecular formula is C15H23BrN2. The first-order chi connectivity index (χ1) is 8.66. The van der Waals surface area contributed by atoms with Crippen LogP contribution in [0.3, 0.4) is 0 Å². The van der Waals surface area contributed by atoms with Gasteiger partial charge in [0.2, 0.25) is 0 Å². The number of nitrogens with zero attached hydrogens (tertiary/aromatic N) is 1. The predicted octanol–water partition coefficient (Wildman–Crippen LogP) is 3.58. The van der Waals surface area contributed by atoms with E-state index in [1.54, 1.807) is 0 Å². The molecule has 2 rings (SSSR count). The van der Waals surface area contributed by atoms with Crippen LogP contribution in [-0.4, -0.2) is 30.6 Å². The summed E-state index contributed by atoms with van der Waals surface area (Å²) in [6.45, 7) is 8.23. The number of rotatable bonds is 5. The molecule has 0 bridgehead atoms. The number of hydrogen-bond acceptors (Lipinski definition) is 2. The molecule has 0 spiro atoms. The van der Waals surface area contributed by atoms with Gasteiger partial charge in [0, 0.05) is 23.1 Å². The second-order valence-electron chi connectivity index (χ2n) is 5.32. The van der Waals surface area contributed by atoms with Crippen LogP contribution in [0, 0.1) is 0 Å². The lowest BCUT2D eigenvalue weighted by Gasteiger charge is -2.25. The lowest BCUT2D eigenvalue weighted by molar-refractivity contribution is 0.289. The third-order valence-electron chi connectivity index (χ3n) is 3.64. The second kappa shape index (κ2) is 6.69. The standard InChI is InChI=1S/C15H23BrN2/c1-12(11-18-9-5-6-10-18)17-13(2)14-7-3-4-8-15(14)16/h3-4,7-8,12-13,17H,5-6,9-11H2,1-2H3. The monoisotopic (exact) mass is 310 g/mol. The van der Waals surface area contributed by atoms with Crippen molar-refractivity contribution in [3.05, 3.63) is 34.3 Å². The fourth-order valence-electron chi connectivity index (χ4n) is 2.75. The van der Waals surface area contributed by atoms with Gasteiger partial charge in [-0.2, -0.15) is 0 Å². The molecule has 0 aromatic heterocycles. The predicted molar refractivity (Wildman–Crippen MR) is 80.8 cm³/mol. The minimum atomic E-state index is 0.387. The molecule has 1 aromatic rings. The van der Waals surface area contributed by atoms with Crippen LogP contribution in [0.15, 0.2) is 28.7 Å². The summed E-state index contributed by atoms with van der Waals surface area (Å²) in [6.07, 6.45) is 2.74. The van der Waals surface area contributed by atoms with Gasteiger partial charge in [-0.3, -0.25) is 0 Å². The van der Waals surface area contributed by atoms with E-state index in [1.165, 1.54) is 36.0 Å². The van der Waals surface area contributed by atoms with E-state index in [-0.39, 0.29) is 0 Å². The first kappa shape index (κ1) is 14.0. The van der Waals surface area contributed by atoms with Crippen molar-refractivity contribution in [2.75, 3.05) is 19.6 Å². The smallest absolute Gasteiger partial charge is 0.0305 e. The maximum Gasteiger partial charge on any atom is 0.0305 e. The van der Waals surface area contributed by atoms with Crippen molar-refractivity contribution in [2.45, 2.75) is 38.8 Å². The summed E-state index contributed by atoms with van der Waals surface area (Å²) >= 11 is 3.62. The topological polar surface area (TPSA) is 15.3 Å². The maximum absolute atomic E-state index is 3.69. The SMILES string of the molecule is CC(CN1CCCC1)NC(C)c1ccccc1Br. The Morgan fingerprint density at radius 3 is 2.56 bits per heavy atom. The average molecular weight is 311 g/mol. The maximum atomic E-state index is 3.69. The molecule has 100 valence electrons. The number of likely N-dealkylation sites (tertiary alicyclic amines) is 1. The third kappa shape index (κ3) is 3.81. The molecule has 2 nitrogen and oxygen atoms in total. The Hall–Kier alpha value is -0.380. The fourth-order valence-corrected chi connectivity index (χ4v) is 3.38. The summed E-state index contributed by atoms with van der Waals surface area (Å²) in [5.74, 6) is 0. The lowest BCUT2D eigenvalue weighted by Crippen LogP contribution is -2.39. The molecule has 1 heterocycles. The molecule has 1 aromatic carbocycles. The molecule has 0 radical (unpaired) electrons. The number of hydrogen-bond donors (Lipinski definition) is 1. The van der Waals surface area contributed by atoms with Gasteiger partial charge in [0.25, 0.3) is 0 Å². The van der Waals surface area contributed by atoms with Crippen molar-refractivity contribution in [3.63, 3.8) is 0 Å². The van der Waals surface area contributed by atoms with Crippen LogP contribution in [0.4, 0.5) is 0 Å². The van der Waals surface area contributed by atoms with Gasteiger partial charge >= 0.3 is 0 Å². The van der Waals surface area contributed by atoms with E-state index in [9.17, 15) is 0 Å². The lowest BCUT2D eigenvalue weighted by atomic mass is 10.1. The van der Waals surface area contributed by atoms with E-state index >= 15 is 0 Å². The van der Waals surface area contributed by atoms with Gasteiger partial charge in [0.05, 0.1) is 0 Å². The van der Waals surface area contributed by atoms with Gasteiger partial charge < -0.3 is 10.2 Å². The zero-order valence-corrected chi connectivity index (χ0v) is 12.9. The number of benzene rings is 1. The summed E-state index contributed by atoms with van der Waals surface area (Å²) in [5, 5.41) is 3.69. The third-order valence-corrected chi connectivity index (χ3v) is 4.36. The zero-order chi connectivity index (χ0) is 13.0. The molecular weight excluding hydrogens is 288 g/mol. The zero-order valence-electron chi connectivity index (χ0n) is 11.3.